The molecule has 0 amide bonds. The molecule has 0 saturated heterocycles. The minimum Gasteiger partial charge on any atom is -0.456 e. The Balaban J connectivity index is 1.03. The zero-order chi connectivity index (χ0) is 35.8. The van der Waals surface area contributed by atoms with E-state index in [4.69, 9.17) is 8.83 Å². The lowest BCUT2D eigenvalue weighted by Crippen LogP contribution is -1.94. The monoisotopic (exact) mass is 699 g/mol. The van der Waals surface area contributed by atoms with Crippen molar-refractivity contribution >= 4 is 109 Å². The highest BCUT2D eigenvalue weighted by atomic mass is 16.3. The highest BCUT2D eigenvalue weighted by Crippen LogP contribution is 2.44. The van der Waals surface area contributed by atoms with E-state index in [1.54, 1.807) is 0 Å². The van der Waals surface area contributed by atoms with Crippen LogP contribution in [0.1, 0.15) is 0 Å². The van der Waals surface area contributed by atoms with E-state index in [2.05, 4.69) is 168 Å². The number of fused-ring (bicyclic) bond motifs is 17. The van der Waals surface area contributed by atoms with E-state index in [9.17, 15) is 0 Å². The van der Waals surface area contributed by atoms with E-state index in [1.807, 2.05) is 12.1 Å². The van der Waals surface area contributed by atoms with E-state index >= 15 is 0 Å². The van der Waals surface area contributed by atoms with Gasteiger partial charge in [-0.25, -0.2) is 0 Å². The summed E-state index contributed by atoms with van der Waals surface area (Å²) in [6.45, 7) is 0. The zero-order valence-corrected chi connectivity index (χ0v) is 29.5. The van der Waals surface area contributed by atoms with E-state index < -0.39 is 0 Å². The minimum absolute atomic E-state index is 0.900. The molecule has 0 aliphatic rings. The summed E-state index contributed by atoms with van der Waals surface area (Å²) in [7, 11) is 0. The molecule has 0 atom stereocenters. The molecular formula is C52H29NO2. The van der Waals surface area contributed by atoms with Gasteiger partial charge in [0.15, 0.2) is 5.58 Å². The number of hydrogen-bond donors (Lipinski definition) is 0. The summed E-state index contributed by atoms with van der Waals surface area (Å²) in [6.07, 6.45) is 0. The number of para-hydroxylation sites is 3. The molecule has 0 fully saturated rings. The predicted octanol–water partition coefficient (Wildman–Crippen LogP) is 14.9. The van der Waals surface area contributed by atoms with Crippen LogP contribution in [-0.2, 0) is 0 Å². The first-order valence-electron chi connectivity index (χ1n) is 18.8. The Morgan fingerprint density at radius 1 is 0.309 bits per heavy atom. The first-order chi connectivity index (χ1) is 27.3. The Bertz CT molecular complexity index is 3750. The van der Waals surface area contributed by atoms with Gasteiger partial charge in [-0.1, -0.05) is 115 Å². The Morgan fingerprint density at radius 3 is 1.82 bits per heavy atom. The average molecular weight is 700 g/mol. The van der Waals surface area contributed by atoms with Crippen LogP contribution in [-0.4, -0.2) is 4.57 Å². The van der Waals surface area contributed by atoms with Crippen molar-refractivity contribution in [2.24, 2.45) is 0 Å². The molecule has 3 heteroatoms. The SMILES string of the molecule is c1ccc2c(c1)oc1c(-n3c4ccccc4c4cc(-c5ccc6cc7oc8ccc9c%10ccccc%10c%10ccccc%10c9c8c7cc6c5)ccc43)cccc12. The molecule has 10 aromatic carbocycles. The third-order valence-electron chi connectivity index (χ3n) is 11.9. The van der Waals surface area contributed by atoms with E-state index in [-0.39, 0.29) is 0 Å². The average Bonchev–Trinajstić information content (AvgIpc) is 3.91. The Labute approximate surface area is 313 Å². The summed E-state index contributed by atoms with van der Waals surface area (Å²) in [6, 6.07) is 63.6. The lowest BCUT2D eigenvalue weighted by atomic mass is 9.91. The molecule has 55 heavy (non-hydrogen) atoms. The first-order valence-corrected chi connectivity index (χ1v) is 18.8. The van der Waals surface area contributed by atoms with Gasteiger partial charge in [0.05, 0.1) is 16.7 Å². The number of benzene rings is 10. The maximum atomic E-state index is 6.61. The number of nitrogens with zero attached hydrogens (tertiary/aromatic N) is 1. The molecule has 3 heterocycles. The van der Waals surface area contributed by atoms with Crippen molar-refractivity contribution < 1.29 is 8.83 Å². The second-order valence-electron chi connectivity index (χ2n) is 14.8. The molecular weight excluding hydrogens is 671 g/mol. The van der Waals surface area contributed by atoms with Crippen LogP contribution in [0, 0.1) is 0 Å². The molecule has 254 valence electrons. The molecule has 3 nitrogen and oxygen atoms in total. The van der Waals surface area contributed by atoms with Gasteiger partial charge in [-0.05, 0) is 109 Å². The van der Waals surface area contributed by atoms with Gasteiger partial charge in [0, 0.05) is 37.7 Å². The topological polar surface area (TPSA) is 31.2 Å². The summed E-state index contributed by atoms with van der Waals surface area (Å²) >= 11 is 0. The molecule has 13 rings (SSSR count). The smallest absolute Gasteiger partial charge is 0.159 e. The molecule has 3 aromatic heterocycles. The van der Waals surface area contributed by atoms with Crippen LogP contribution in [0.2, 0.25) is 0 Å². The van der Waals surface area contributed by atoms with Crippen LogP contribution in [0.4, 0.5) is 0 Å². The molecule has 0 radical (unpaired) electrons. The third kappa shape index (κ3) is 3.94. The molecule has 0 bridgehead atoms. The van der Waals surface area contributed by atoms with Crippen molar-refractivity contribution in [2.45, 2.75) is 0 Å². The van der Waals surface area contributed by atoms with Crippen molar-refractivity contribution in [3.05, 3.63) is 176 Å². The fraction of sp³-hybridized carbons (Fsp3) is 0. The normalized spacial score (nSPS) is 12.4. The van der Waals surface area contributed by atoms with Crippen molar-refractivity contribution in [3.63, 3.8) is 0 Å². The van der Waals surface area contributed by atoms with Crippen molar-refractivity contribution in [1.82, 2.24) is 4.57 Å². The van der Waals surface area contributed by atoms with Crippen LogP contribution in [0.3, 0.4) is 0 Å². The van der Waals surface area contributed by atoms with Crippen molar-refractivity contribution in [3.8, 4) is 16.8 Å². The largest absolute Gasteiger partial charge is 0.456 e. The third-order valence-corrected chi connectivity index (χ3v) is 11.9. The molecule has 0 saturated carbocycles. The lowest BCUT2D eigenvalue weighted by molar-refractivity contribution is 0.666. The van der Waals surface area contributed by atoms with E-state index in [0.29, 0.717) is 0 Å². The van der Waals surface area contributed by atoms with Crippen LogP contribution >= 0.6 is 0 Å². The highest BCUT2D eigenvalue weighted by molar-refractivity contribution is 6.35. The molecule has 13 aromatic rings. The van der Waals surface area contributed by atoms with Crippen molar-refractivity contribution in [2.75, 3.05) is 0 Å². The standard InChI is InChI=1S/C52H29NO2/c1-2-12-36-34(10-1)35-11-3-4-15-39(35)50-40(36)23-25-48-51(50)43-28-33-26-30(20-21-32(33)29-49(43)54-48)31-22-24-45-42(27-31)37-13-5-7-17-44(37)53(45)46-18-9-16-41-38-14-6-8-19-47(38)55-52(41)46/h1-29H. The first kappa shape index (κ1) is 29.1. The molecule has 0 unspecified atom stereocenters. The Kier molecular flexibility index (Phi) is 5.63. The van der Waals surface area contributed by atoms with Gasteiger partial charge in [0.2, 0.25) is 0 Å². The fourth-order valence-corrected chi connectivity index (χ4v) is 9.50. The second kappa shape index (κ2) is 10.6. The number of aromatic nitrogens is 1. The zero-order valence-electron chi connectivity index (χ0n) is 29.5. The summed E-state index contributed by atoms with van der Waals surface area (Å²) < 4.78 is 15.5. The van der Waals surface area contributed by atoms with Crippen molar-refractivity contribution in [1.29, 1.82) is 0 Å². The van der Waals surface area contributed by atoms with Crippen LogP contribution in [0.5, 0.6) is 0 Å². The molecule has 0 aliphatic carbocycles. The summed E-state index contributed by atoms with van der Waals surface area (Å²) in [5, 5.41) is 16.9. The second-order valence-corrected chi connectivity index (χ2v) is 14.8. The number of hydrogen-bond acceptors (Lipinski definition) is 2. The molecule has 0 spiro atoms. The maximum absolute atomic E-state index is 6.61. The van der Waals surface area contributed by atoms with Gasteiger partial charge < -0.3 is 13.4 Å². The summed E-state index contributed by atoms with van der Waals surface area (Å²) in [5.74, 6) is 0. The Morgan fingerprint density at radius 2 is 0.964 bits per heavy atom. The fourth-order valence-electron chi connectivity index (χ4n) is 9.50. The van der Waals surface area contributed by atoms with E-state index in [0.717, 1.165) is 60.6 Å². The highest BCUT2D eigenvalue weighted by Gasteiger charge is 2.19. The lowest BCUT2D eigenvalue weighted by Gasteiger charge is -2.11. The van der Waals surface area contributed by atoms with Gasteiger partial charge in [-0.3, -0.25) is 0 Å². The number of rotatable bonds is 2. The van der Waals surface area contributed by atoms with Crippen LogP contribution < -0.4 is 0 Å². The van der Waals surface area contributed by atoms with E-state index in [1.165, 1.54) is 65.0 Å². The predicted molar refractivity (Wildman–Crippen MR) is 231 cm³/mol. The minimum atomic E-state index is 0.900. The van der Waals surface area contributed by atoms with Gasteiger partial charge in [0.1, 0.15) is 16.7 Å². The van der Waals surface area contributed by atoms with Gasteiger partial charge in [-0.15, -0.1) is 0 Å². The van der Waals surface area contributed by atoms with Gasteiger partial charge in [-0.2, -0.15) is 0 Å². The molecule has 0 aliphatic heterocycles. The van der Waals surface area contributed by atoms with Crippen LogP contribution in [0.15, 0.2) is 185 Å². The quantitative estimate of drug-likeness (QED) is 0.168. The summed E-state index contributed by atoms with van der Waals surface area (Å²) in [4.78, 5) is 0. The van der Waals surface area contributed by atoms with Crippen LogP contribution in [0.25, 0.3) is 126 Å². The Hall–Kier alpha value is -7.36. The maximum Gasteiger partial charge on any atom is 0.159 e. The molecule has 0 N–H and O–H groups in total. The van der Waals surface area contributed by atoms with Gasteiger partial charge >= 0.3 is 0 Å². The van der Waals surface area contributed by atoms with Gasteiger partial charge in [0.25, 0.3) is 0 Å². The number of furan rings is 2. The summed E-state index contributed by atoms with van der Waals surface area (Å²) in [5.41, 5.74) is 9.34.